The molecule has 2 saturated carbocycles. The van der Waals surface area contributed by atoms with Crippen molar-refractivity contribution < 1.29 is 4.79 Å². The van der Waals surface area contributed by atoms with Crippen LogP contribution in [0.15, 0.2) is 9.85 Å². The van der Waals surface area contributed by atoms with Gasteiger partial charge in [-0.2, -0.15) is 0 Å². The molecule has 3 atom stereocenters. The molecule has 1 N–H and O–H groups in total. The number of halogens is 1. The average Bonchev–Trinajstić information content (AvgIpc) is 2.95. The Morgan fingerprint density at radius 1 is 1.45 bits per heavy atom. The minimum Gasteiger partial charge on any atom is -0.348 e. The van der Waals surface area contributed by atoms with E-state index in [1.54, 1.807) is 0 Å². The van der Waals surface area contributed by atoms with Gasteiger partial charge in [0.1, 0.15) is 0 Å². The van der Waals surface area contributed by atoms with Gasteiger partial charge in [-0.1, -0.05) is 20.8 Å². The Morgan fingerprint density at radius 2 is 2.15 bits per heavy atom. The van der Waals surface area contributed by atoms with Crippen LogP contribution in [0.2, 0.25) is 0 Å². The normalized spacial score (nSPS) is 34.5. The molecule has 0 spiro atoms. The summed E-state index contributed by atoms with van der Waals surface area (Å²) in [6.45, 7) is 9.02. The lowest BCUT2D eigenvalue weighted by Crippen LogP contribution is -2.52. The van der Waals surface area contributed by atoms with Crippen LogP contribution in [0.5, 0.6) is 0 Å². The molecule has 2 fully saturated rings. The van der Waals surface area contributed by atoms with E-state index in [2.05, 4.69) is 42.0 Å². The number of hydrogen-bond acceptors (Lipinski definition) is 2. The predicted octanol–water partition coefficient (Wildman–Crippen LogP) is 4.76. The zero-order chi connectivity index (χ0) is 14.7. The lowest BCUT2D eigenvalue weighted by molar-refractivity contribution is 0.0741. The highest BCUT2D eigenvalue weighted by Crippen LogP contribution is 2.62. The summed E-state index contributed by atoms with van der Waals surface area (Å²) in [5, 5.41) is 3.35. The summed E-state index contributed by atoms with van der Waals surface area (Å²) in [5.41, 5.74) is 1.64. The van der Waals surface area contributed by atoms with Crippen LogP contribution < -0.4 is 5.32 Å². The summed E-state index contributed by atoms with van der Waals surface area (Å²) in [6.07, 6.45) is 3.83. The molecular formula is C16H22BrNOS. The number of aryl methyl sites for hydroxylation is 1. The molecule has 110 valence electrons. The zero-order valence-corrected chi connectivity index (χ0v) is 15.0. The molecule has 4 heteroatoms. The van der Waals surface area contributed by atoms with Crippen LogP contribution in [0, 0.1) is 23.7 Å². The van der Waals surface area contributed by atoms with E-state index in [4.69, 9.17) is 0 Å². The highest BCUT2D eigenvalue weighted by atomic mass is 79.9. The predicted molar refractivity (Wildman–Crippen MR) is 87.2 cm³/mol. The number of rotatable bonds is 2. The number of fused-ring (bicyclic) bond motifs is 2. The van der Waals surface area contributed by atoms with Crippen molar-refractivity contribution in [3.05, 3.63) is 20.3 Å². The van der Waals surface area contributed by atoms with Crippen LogP contribution in [0.1, 0.15) is 55.3 Å². The summed E-state index contributed by atoms with van der Waals surface area (Å²) in [4.78, 5) is 13.4. The molecule has 1 aromatic heterocycles. The highest BCUT2D eigenvalue weighted by molar-refractivity contribution is 9.11. The van der Waals surface area contributed by atoms with Crippen molar-refractivity contribution in [2.45, 2.75) is 53.0 Å². The first-order chi connectivity index (χ1) is 9.24. The lowest BCUT2D eigenvalue weighted by Gasteiger charge is -2.43. The fourth-order valence-corrected chi connectivity index (χ4v) is 5.87. The van der Waals surface area contributed by atoms with Crippen molar-refractivity contribution in [3.8, 4) is 0 Å². The molecule has 0 aliphatic heterocycles. The molecule has 20 heavy (non-hydrogen) atoms. The maximum atomic E-state index is 12.6. The molecule has 2 nitrogen and oxygen atoms in total. The molecule has 1 aromatic rings. The number of thiophene rings is 1. The SMILES string of the molecule is Cc1cc(C(=O)NC2C3(C)CCC(C3)C2(C)C)sc1Br. The second-order valence-electron chi connectivity index (χ2n) is 7.39. The van der Waals surface area contributed by atoms with Gasteiger partial charge < -0.3 is 5.32 Å². The quantitative estimate of drug-likeness (QED) is 0.813. The van der Waals surface area contributed by atoms with Gasteiger partial charge in [0.2, 0.25) is 0 Å². The topological polar surface area (TPSA) is 29.1 Å². The van der Waals surface area contributed by atoms with Crippen LogP contribution >= 0.6 is 27.3 Å². The molecule has 1 amide bonds. The number of carbonyl (C=O) groups is 1. The average molecular weight is 356 g/mol. The molecule has 2 aliphatic rings. The number of amides is 1. The summed E-state index contributed by atoms with van der Waals surface area (Å²) >= 11 is 5.03. The first kappa shape index (κ1) is 14.6. The van der Waals surface area contributed by atoms with Crippen LogP contribution in [-0.4, -0.2) is 11.9 Å². The van der Waals surface area contributed by atoms with Crippen molar-refractivity contribution in [2.75, 3.05) is 0 Å². The van der Waals surface area contributed by atoms with E-state index < -0.39 is 0 Å². The van der Waals surface area contributed by atoms with Crippen molar-refractivity contribution in [1.29, 1.82) is 0 Å². The molecule has 2 aliphatic carbocycles. The van der Waals surface area contributed by atoms with Gasteiger partial charge in [-0.3, -0.25) is 4.79 Å². The van der Waals surface area contributed by atoms with Gasteiger partial charge in [-0.05, 0) is 70.5 Å². The lowest BCUT2D eigenvalue weighted by atomic mass is 9.68. The Kier molecular flexibility index (Phi) is 3.33. The van der Waals surface area contributed by atoms with E-state index in [1.807, 2.05) is 13.0 Å². The standard InChI is InChI=1S/C16H22BrNOS/c1-9-7-11(20-12(9)17)13(19)18-14-15(2,3)10-5-6-16(14,4)8-10/h7,10,14H,5-6,8H2,1-4H3,(H,18,19). The maximum Gasteiger partial charge on any atom is 0.261 e. The highest BCUT2D eigenvalue weighted by Gasteiger charge is 2.59. The van der Waals surface area contributed by atoms with Gasteiger partial charge in [0.15, 0.2) is 0 Å². The molecule has 0 radical (unpaired) electrons. The fraction of sp³-hybridized carbons (Fsp3) is 0.688. The summed E-state index contributed by atoms with van der Waals surface area (Å²) in [7, 11) is 0. The van der Waals surface area contributed by atoms with Gasteiger partial charge >= 0.3 is 0 Å². The Balaban J connectivity index is 1.82. The molecule has 1 heterocycles. The molecule has 0 aromatic carbocycles. The summed E-state index contributed by atoms with van der Waals surface area (Å²) in [5.74, 6) is 0.852. The van der Waals surface area contributed by atoms with Crippen molar-refractivity contribution >= 4 is 33.2 Å². The van der Waals surface area contributed by atoms with Crippen LogP contribution in [0.25, 0.3) is 0 Å². The number of nitrogens with one attached hydrogen (secondary N) is 1. The molecular weight excluding hydrogens is 334 g/mol. The summed E-state index contributed by atoms with van der Waals surface area (Å²) < 4.78 is 1.06. The van der Waals surface area contributed by atoms with E-state index in [1.165, 1.54) is 30.6 Å². The Hall–Kier alpha value is -0.350. The molecule has 3 rings (SSSR count). The van der Waals surface area contributed by atoms with Crippen LogP contribution in [0.3, 0.4) is 0 Å². The van der Waals surface area contributed by atoms with E-state index >= 15 is 0 Å². The largest absolute Gasteiger partial charge is 0.348 e. The number of hydrogen-bond donors (Lipinski definition) is 1. The fourth-order valence-electron chi connectivity index (χ4n) is 4.44. The molecule has 2 bridgehead atoms. The third-order valence-electron chi connectivity index (χ3n) is 5.63. The van der Waals surface area contributed by atoms with E-state index in [-0.39, 0.29) is 16.7 Å². The third kappa shape index (κ3) is 2.07. The first-order valence-corrected chi connectivity index (χ1v) is 8.92. The molecule has 3 unspecified atom stereocenters. The Bertz CT molecular complexity index is 541. The minimum absolute atomic E-state index is 0.0932. The summed E-state index contributed by atoms with van der Waals surface area (Å²) in [6, 6.07) is 2.27. The third-order valence-corrected chi connectivity index (χ3v) is 7.76. The van der Waals surface area contributed by atoms with Crippen LogP contribution in [-0.2, 0) is 0 Å². The van der Waals surface area contributed by atoms with Gasteiger partial charge in [0, 0.05) is 6.04 Å². The van der Waals surface area contributed by atoms with Crippen LogP contribution in [0.4, 0.5) is 0 Å². The maximum absolute atomic E-state index is 12.6. The van der Waals surface area contributed by atoms with Crippen molar-refractivity contribution in [1.82, 2.24) is 5.32 Å². The van der Waals surface area contributed by atoms with Gasteiger partial charge in [-0.25, -0.2) is 0 Å². The van der Waals surface area contributed by atoms with Crippen molar-refractivity contribution in [3.63, 3.8) is 0 Å². The Morgan fingerprint density at radius 3 is 2.65 bits per heavy atom. The second kappa shape index (κ2) is 4.57. The molecule has 0 saturated heterocycles. The smallest absolute Gasteiger partial charge is 0.261 e. The number of carbonyl (C=O) groups excluding carboxylic acids is 1. The monoisotopic (exact) mass is 355 g/mol. The van der Waals surface area contributed by atoms with E-state index in [9.17, 15) is 4.79 Å². The van der Waals surface area contributed by atoms with Gasteiger partial charge in [0.25, 0.3) is 5.91 Å². The first-order valence-electron chi connectivity index (χ1n) is 7.31. The minimum atomic E-state index is 0.0932. The zero-order valence-electron chi connectivity index (χ0n) is 12.5. The second-order valence-corrected chi connectivity index (χ2v) is 9.76. The van der Waals surface area contributed by atoms with Gasteiger partial charge in [-0.15, -0.1) is 11.3 Å². The van der Waals surface area contributed by atoms with E-state index in [0.29, 0.717) is 6.04 Å². The van der Waals surface area contributed by atoms with Crippen molar-refractivity contribution in [2.24, 2.45) is 16.7 Å². The Labute approximate surface area is 133 Å². The van der Waals surface area contributed by atoms with Gasteiger partial charge in [0.05, 0.1) is 8.66 Å². The van der Waals surface area contributed by atoms with E-state index in [0.717, 1.165) is 20.1 Å².